The van der Waals surface area contributed by atoms with Crippen LogP contribution in [0.4, 0.5) is 63.5 Å². The normalized spacial score (nSPS) is 11.3. The Morgan fingerprint density at radius 1 is 0.396 bits per heavy atom. The number of nitrogens with zero attached hydrogens (tertiary/aromatic N) is 21. The molecule has 0 aliphatic carbocycles. The van der Waals surface area contributed by atoms with Crippen molar-refractivity contribution in [1.82, 2.24) is 58.7 Å². The first-order valence-corrected chi connectivity index (χ1v) is 32.9. The van der Waals surface area contributed by atoms with Crippen LogP contribution in [0.1, 0.15) is 86.4 Å². The summed E-state index contributed by atoms with van der Waals surface area (Å²) >= 11 is 0. The first kappa shape index (κ1) is 76.6. The molecule has 2 N–H and O–H groups in total. The summed E-state index contributed by atoms with van der Waals surface area (Å²) in [4.78, 5) is 23.8. The van der Waals surface area contributed by atoms with E-state index in [1.54, 1.807) is 25.6 Å². The predicted molar refractivity (Wildman–Crippen MR) is 411 cm³/mol. The number of nitrogens with two attached hydrogens (primary N) is 1. The van der Waals surface area contributed by atoms with Gasteiger partial charge < -0.3 is 31.5 Å². The van der Waals surface area contributed by atoms with Gasteiger partial charge in [0.1, 0.15) is 48.1 Å². The zero-order valence-electron chi connectivity index (χ0n) is 60.0. The summed E-state index contributed by atoms with van der Waals surface area (Å²) < 4.78 is 62.2. The number of anilines is 7. The molecule has 27 heteroatoms. The Labute approximate surface area is 631 Å². The summed E-state index contributed by atoms with van der Waals surface area (Å²) in [5, 5.41) is 29.0. The minimum absolute atomic E-state index is 0. The van der Waals surface area contributed by atoms with Crippen molar-refractivity contribution in [1.29, 1.82) is 0 Å². The molecule has 0 saturated heterocycles. The number of rotatable bonds is 10. The molecular weight excluding hydrogens is 1360 g/mol. The van der Waals surface area contributed by atoms with Crippen LogP contribution in [-0.2, 0) is 16.2 Å². The SMILES string of the molecule is C.CN(c1cccc(-c2ccc(C(C)(C)C)cc2)c1)c1nc2nncn2c2cc(F)c(F)cc12.CN(c1cccc(-c2ccc(C(C)(C)C)cc2)c1)c1nc2nncn2c2cc(N)c(F)cc12.CN(c1cccc(-c2ccc(C(C)(C)C)cc2)c1)c1nc2nncn2c2cc(N=[N+]=[N-])c(F)cc12.[N-]=[N+]=[N-].[Na+]. The van der Waals surface area contributed by atoms with Crippen molar-refractivity contribution in [2.45, 2.75) is 86.0 Å². The number of halogens is 4. The molecule has 22 nitrogen and oxygen atoms in total. The molecule has 9 aromatic carbocycles. The van der Waals surface area contributed by atoms with E-state index in [9.17, 15) is 17.6 Å². The number of fused-ring (bicyclic) bond motifs is 9. The topological polar surface area (TPSA) is 272 Å². The Kier molecular flexibility index (Phi) is 22.5. The van der Waals surface area contributed by atoms with Gasteiger partial charge in [0.2, 0.25) is 0 Å². The van der Waals surface area contributed by atoms with E-state index in [4.69, 9.17) is 22.3 Å². The molecule has 0 radical (unpaired) electrons. The Hall–Kier alpha value is -12.1. The second-order valence-corrected chi connectivity index (χ2v) is 27.9. The molecule has 0 spiro atoms. The third-order valence-corrected chi connectivity index (χ3v) is 18.0. The van der Waals surface area contributed by atoms with Gasteiger partial charge in [-0.05, 0) is 139 Å². The summed E-state index contributed by atoms with van der Waals surface area (Å²) in [5.41, 5.74) is 43.1. The van der Waals surface area contributed by atoms with Crippen LogP contribution in [0, 0.1) is 23.3 Å². The fourth-order valence-corrected chi connectivity index (χ4v) is 12.1. The largest absolute Gasteiger partial charge is 1.00 e. The van der Waals surface area contributed by atoms with Crippen LogP contribution in [0.5, 0.6) is 0 Å². The van der Waals surface area contributed by atoms with Crippen molar-refractivity contribution >= 4 is 95.9 Å². The summed E-state index contributed by atoms with van der Waals surface area (Å²) in [6.07, 6.45) is 4.48. The molecule has 0 fully saturated rings. The second kappa shape index (κ2) is 31.1. The fourth-order valence-electron chi connectivity index (χ4n) is 12.1. The van der Waals surface area contributed by atoms with E-state index in [1.807, 2.05) is 84.4 Å². The molecule has 0 amide bonds. The van der Waals surface area contributed by atoms with Crippen molar-refractivity contribution < 1.29 is 47.1 Å². The van der Waals surface area contributed by atoms with Crippen molar-refractivity contribution in [2.75, 3.05) is 41.6 Å². The Morgan fingerprint density at radius 2 is 0.698 bits per heavy atom. The van der Waals surface area contributed by atoms with E-state index in [1.165, 1.54) is 52.5 Å². The first-order chi connectivity index (χ1) is 49.6. The Balaban J connectivity index is 0.000000165. The second-order valence-electron chi connectivity index (χ2n) is 27.9. The van der Waals surface area contributed by atoms with Gasteiger partial charge in [0.25, 0.3) is 17.3 Å². The van der Waals surface area contributed by atoms with Crippen molar-refractivity contribution in [3.05, 3.63) is 267 Å². The van der Waals surface area contributed by atoms with Crippen molar-refractivity contribution in [2.24, 2.45) is 5.11 Å². The smallest absolute Gasteiger partial charge is 0.396 e. The van der Waals surface area contributed by atoms with Crippen LogP contribution < -0.4 is 50.0 Å². The number of hydrogen-bond acceptors (Lipinski definition) is 14. The number of aromatic nitrogens is 12. The molecule has 6 aromatic heterocycles. The maximum atomic E-state index is 14.7. The van der Waals surface area contributed by atoms with Gasteiger partial charge in [0.15, 0.2) is 11.6 Å². The van der Waals surface area contributed by atoms with E-state index in [0.29, 0.717) is 67.5 Å². The molecule has 0 saturated carbocycles. The molecule has 0 atom stereocenters. The average molecular weight is 1430 g/mol. The van der Waals surface area contributed by atoms with Crippen LogP contribution in [0.15, 0.2) is 206 Å². The molecule has 106 heavy (non-hydrogen) atoms. The summed E-state index contributed by atoms with van der Waals surface area (Å²) in [6, 6.07) is 58.2. The monoisotopic (exact) mass is 1430 g/mol. The minimum Gasteiger partial charge on any atom is -0.396 e. The predicted octanol–water partition coefficient (Wildman–Crippen LogP) is 17.6. The molecule has 15 rings (SSSR count). The van der Waals surface area contributed by atoms with Gasteiger partial charge in [-0.25, -0.2) is 17.6 Å². The summed E-state index contributed by atoms with van der Waals surface area (Å²) in [7, 11) is 5.62. The molecule has 530 valence electrons. The quantitative estimate of drug-likeness (QED) is 0.0333. The maximum absolute atomic E-state index is 14.7. The van der Waals surface area contributed by atoms with Crippen LogP contribution in [0.25, 0.3) is 110 Å². The fraction of sp³-hybridized carbons (Fsp3) is 0.203. The van der Waals surface area contributed by atoms with Gasteiger partial charge in [-0.2, -0.15) is 15.0 Å². The number of hydrogen-bond donors (Lipinski definition) is 1. The van der Waals surface area contributed by atoms with Crippen LogP contribution in [0.3, 0.4) is 0 Å². The van der Waals surface area contributed by atoms with E-state index in [-0.39, 0.29) is 64.6 Å². The third kappa shape index (κ3) is 15.9. The van der Waals surface area contributed by atoms with Crippen LogP contribution >= 0.6 is 0 Å². The standard InChI is InChI=1S/C26H23F2N5.C26H23FN8.C26H25FN6.CH4.N3.Na/c1-26(2,3)18-10-8-16(9-11-18)17-6-5-7-19(12-17)32(4)24-20-13-21(27)22(28)14-23(20)33-15-29-31-25(33)30-24;1-26(2,3)18-10-8-16(9-11-18)17-6-5-7-19(12-17)34(4)24-20-13-21(27)22(31-33-28)14-23(20)35-15-29-32-25(35)30-24;1-26(2,3)18-10-8-16(9-11-18)17-6-5-7-19(12-17)32(4)24-20-13-21(27)22(28)14-23(20)33-15-29-31-25(33)30-24;;1-3-2;/h5-15H,1-4H3;5-15H,1-4H3;5-15H,28H2,1-4H3;1H4;;/q;;;;-1;+1. The number of benzene rings is 9. The zero-order chi connectivity index (χ0) is 74.1. The molecule has 0 unspecified atom stereocenters. The minimum atomic E-state index is -0.932. The van der Waals surface area contributed by atoms with Crippen LogP contribution in [0.2, 0.25) is 0 Å². The van der Waals surface area contributed by atoms with Crippen LogP contribution in [-0.4, -0.2) is 79.9 Å². The maximum Gasteiger partial charge on any atom is 1.00 e. The van der Waals surface area contributed by atoms with E-state index >= 15 is 0 Å². The summed E-state index contributed by atoms with van der Waals surface area (Å²) in [6.45, 7) is 19.8. The van der Waals surface area contributed by atoms with Gasteiger partial charge in [-0.3, -0.25) is 18.1 Å². The van der Waals surface area contributed by atoms with Gasteiger partial charge >= 0.3 is 29.6 Å². The van der Waals surface area contributed by atoms with E-state index in [0.717, 1.165) is 62.6 Å². The number of nitrogen functional groups attached to an aromatic ring is 1. The number of azide groups is 1. The van der Waals surface area contributed by atoms with Gasteiger partial charge in [-0.15, -0.1) is 30.6 Å². The van der Waals surface area contributed by atoms with Crippen molar-refractivity contribution in [3.63, 3.8) is 0 Å². The molecular formula is C79H75F4N22Na. The van der Waals surface area contributed by atoms with Gasteiger partial charge in [-0.1, -0.05) is 184 Å². The zero-order valence-corrected chi connectivity index (χ0v) is 62.0. The molecule has 0 bridgehead atoms. The van der Waals surface area contributed by atoms with E-state index < -0.39 is 23.3 Å². The summed E-state index contributed by atoms with van der Waals surface area (Å²) in [5.74, 6) is -0.357. The van der Waals surface area contributed by atoms with Gasteiger partial charge in [0.05, 0.1) is 27.9 Å². The van der Waals surface area contributed by atoms with Gasteiger partial charge in [0, 0.05) is 65.3 Å². The molecule has 6 heterocycles. The van der Waals surface area contributed by atoms with Crippen molar-refractivity contribution in [3.8, 4) is 33.4 Å². The average Bonchev–Trinajstić information content (AvgIpc) is 1.58. The first-order valence-electron chi connectivity index (χ1n) is 32.9. The molecule has 0 aliphatic rings. The molecule has 15 aromatic rings. The Bertz CT molecular complexity index is 5580. The molecule has 0 aliphatic heterocycles. The van der Waals surface area contributed by atoms with E-state index in [2.05, 4.69) is 215 Å². The third-order valence-electron chi connectivity index (χ3n) is 18.0. The Morgan fingerprint density at radius 3 is 1.03 bits per heavy atom.